The molecule has 3 rings (SSSR count). The quantitative estimate of drug-likeness (QED) is 0.732. The van der Waals surface area contributed by atoms with Gasteiger partial charge in [-0.1, -0.05) is 60.7 Å². The highest BCUT2D eigenvalue weighted by molar-refractivity contribution is 5.93. The molecule has 0 aliphatic carbocycles. The molecule has 120 valence electrons. The van der Waals surface area contributed by atoms with Crippen molar-refractivity contribution in [3.05, 3.63) is 101 Å². The molecule has 0 unspecified atom stereocenters. The van der Waals surface area contributed by atoms with Gasteiger partial charge in [-0.15, -0.1) is 0 Å². The van der Waals surface area contributed by atoms with E-state index < -0.39 is 0 Å². The molecule has 2 nitrogen and oxygen atoms in total. The number of carbonyl (C=O) groups is 1. The first-order valence-electron chi connectivity index (χ1n) is 7.87. The van der Waals surface area contributed by atoms with Gasteiger partial charge in [0, 0.05) is 5.69 Å². The van der Waals surface area contributed by atoms with Crippen molar-refractivity contribution in [1.29, 1.82) is 0 Å². The van der Waals surface area contributed by atoms with Crippen LogP contribution in [0.25, 0.3) is 0 Å². The van der Waals surface area contributed by atoms with Gasteiger partial charge in [-0.05, 0) is 41.3 Å². The molecule has 3 heteroatoms. The molecule has 0 aliphatic rings. The van der Waals surface area contributed by atoms with Gasteiger partial charge in [-0.2, -0.15) is 0 Å². The molecule has 0 aliphatic heterocycles. The van der Waals surface area contributed by atoms with Gasteiger partial charge >= 0.3 is 0 Å². The Morgan fingerprint density at radius 1 is 0.792 bits per heavy atom. The van der Waals surface area contributed by atoms with E-state index in [0.29, 0.717) is 0 Å². The lowest BCUT2D eigenvalue weighted by Gasteiger charge is -2.11. The fraction of sp³-hybridized carbons (Fsp3) is 0.0952. The van der Waals surface area contributed by atoms with Gasteiger partial charge in [0.1, 0.15) is 5.82 Å². The third kappa shape index (κ3) is 4.29. The minimum absolute atomic E-state index is 0.109. The van der Waals surface area contributed by atoms with Crippen LogP contribution in [0.3, 0.4) is 0 Å². The van der Waals surface area contributed by atoms with E-state index in [1.807, 2.05) is 42.5 Å². The Kier molecular flexibility index (Phi) is 5.02. The Morgan fingerprint density at radius 3 is 2.21 bits per heavy atom. The van der Waals surface area contributed by atoms with Crippen LogP contribution in [-0.4, -0.2) is 5.91 Å². The lowest BCUT2D eigenvalue weighted by Crippen LogP contribution is -2.15. The molecule has 3 aromatic carbocycles. The van der Waals surface area contributed by atoms with Crippen LogP contribution in [0.15, 0.2) is 78.9 Å². The average Bonchev–Trinajstić information content (AvgIpc) is 2.60. The van der Waals surface area contributed by atoms with Crippen LogP contribution >= 0.6 is 0 Å². The summed E-state index contributed by atoms with van der Waals surface area (Å²) in [5.74, 6) is -0.408. The smallest absolute Gasteiger partial charge is 0.228 e. The molecular formula is C21H18FNO. The van der Waals surface area contributed by atoms with Crippen molar-refractivity contribution in [3.63, 3.8) is 0 Å². The number of anilines is 1. The molecule has 3 aromatic rings. The van der Waals surface area contributed by atoms with Gasteiger partial charge in [-0.25, -0.2) is 4.39 Å². The van der Waals surface area contributed by atoms with Crippen LogP contribution in [0.4, 0.5) is 10.1 Å². The summed E-state index contributed by atoms with van der Waals surface area (Å²) < 4.78 is 12.9. The zero-order chi connectivity index (χ0) is 16.8. The Morgan fingerprint density at radius 2 is 1.46 bits per heavy atom. The van der Waals surface area contributed by atoms with Crippen LogP contribution in [-0.2, 0) is 17.6 Å². The average molecular weight is 319 g/mol. The van der Waals surface area contributed by atoms with Crippen LogP contribution in [0.5, 0.6) is 0 Å². The molecule has 0 aromatic heterocycles. The summed E-state index contributed by atoms with van der Waals surface area (Å²) in [5, 5.41) is 2.96. The first-order valence-corrected chi connectivity index (χ1v) is 7.87. The van der Waals surface area contributed by atoms with E-state index in [9.17, 15) is 9.18 Å². The normalized spacial score (nSPS) is 10.4. The van der Waals surface area contributed by atoms with Gasteiger partial charge in [-0.3, -0.25) is 4.79 Å². The first-order chi connectivity index (χ1) is 11.7. The van der Waals surface area contributed by atoms with E-state index in [1.165, 1.54) is 17.7 Å². The van der Waals surface area contributed by atoms with Crippen LogP contribution < -0.4 is 5.32 Å². The summed E-state index contributed by atoms with van der Waals surface area (Å²) in [6.07, 6.45) is 0.980. The molecule has 24 heavy (non-hydrogen) atoms. The fourth-order valence-corrected chi connectivity index (χ4v) is 2.59. The standard InChI is InChI=1S/C21H18FNO/c22-19-12-10-17(11-13-19)15-21(24)23-20-9-5-4-8-18(20)14-16-6-2-1-3-7-16/h1-13H,14-15H2,(H,23,24). The number of carbonyl (C=O) groups excluding carboxylic acids is 1. The molecule has 0 heterocycles. The highest BCUT2D eigenvalue weighted by Gasteiger charge is 2.08. The summed E-state index contributed by atoms with van der Waals surface area (Å²) in [4.78, 5) is 12.3. The van der Waals surface area contributed by atoms with Crippen molar-refractivity contribution >= 4 is 11.6 Å². The maximum atomic E-state index is 12.9. The molecule has 0 atom stereocenters. The number of amides is 1. The lowest BCUT2D eigenvalue weighted by atomic mass is 10.0. The second kappa shape index (κ2) is 7.55. The molecule has 0 saturated carbocycles. The van der Waals surface area contributed by atoms with E-state index in [1.54, 1.807) is 12.1 Å². The topological polar surface area (TPSA) is 29.1 Å². The van der Waals surface area contributed by atoms with E-state index >= 15 is 0 Å². The summed E-state index contributed by atoms with van der Waals surface area (Å²) in [6, 6.07) is 23.9. The second-order valence-corrected chi connectivity index (χ2v) is 5.67. The molecule has 0 radical (unpaired) electrons. The zero-order valence-electron chi connectivity index (χ0n) is 13.2. The predicted molar refractivity (Wildman–Crippen MR) is 94.4 cm³/mol. The number of rotatable bonds is 5. The van der Waals surface area contributed by atoms with Gasteiger partial charge in [0.2, 0.25) is 5.91 Å². The zero-order valence-corrected chi connectivity index (χ0v) is 13.2. The van der Waals surface area contributed by atoms with Crippen molar-refractivity contribution in [1.82, 2.24) is 0 Å². The SMILES string of the molecule is O=C(Cc1ccc(F)cc1)Nc1ccccc1Cc1ccccc1. The van der Waals surface area contributed by atoms with Crippen LogP contribution in [0.1, 0.15) is 16.7 Å². The number of benzene rings is 3. The van der Waals surface area contributed by atoms with Gasteiger partial charge in [0.05, 0.1) is 6.42 Å². The lowest BCUT2D eigenvalue weighted by molar-refractivity contribution is -0.115. The molecule has 0 spiro atoms. The highest BCUT2D eigenvalue weighted by Crippen LogP contribution is 2.19. The minimum atomic E-state index is -0.299. The summed E-state index contributed by atoms with van der Waals surface area (Å²) in [5.41, 5.74) is 3.86. The summed E-state index contributed by atoms with van der Waals surface area (Å²) in [6.45, 7) is 0. The Labute approximate surface area is 141 Å². The summed E-state index contributed by atoms with van der Waals surface area (Å²) >= 11 is 0. The fourth-order valence-electron chi connectivity index (χ4n) is 2.59. The number of halogens is 1. The van der Waals surface area contributed by atoms with E-state index in [4.69, 9.17) is 0 Å². The van der Waals surface area contributed by atoms with E-state index in [-0.39, 0.29) is 18.1 Å². The predicted octanol–water partition coefficient (Wildman–Crippen LogP) is 4.60. The number of para-hydroxylation sites is 1. The maximum Gasteiger partial charge on any atom is 0.228 e. The Hall–Kier alpha value is -2.94. The van der Waals surface area contributed by atoms with E-state index in [2.05, 4.69) is 17.4 Å². The third-order valence-electron chi connectivity index (χ3n) is 3.81. The van der Waals surface area contributed by atoms with Crippen LogP contribution in [0, 0.1) is 5.82 Å². The Balaban J connectivity index is 1.70. The first kappa shape index (κ1) is 15.9. The molecule has 0 saturated heterocycles. The van der Waals surface area contributed by atoms with Crippen molar-refractivity contribution in [2.45, 2.75) is 12.8 Å². The number of nitrogens with one attached hydrogen (secondary N) is 1. The molecule has 1 amide bonds. The minimum Gasteiger partial charge on any atom is -0.326 e. The van der Waals surface area contributed by atoms with Crippen molar-refractivity contribution < 1.29 is 9.18 Å². The number of hydrogen-bond acceptors (Lipinski definition) is 1. The van der Waals surface area contributed by atoms with E-state index in [0.717, 1.165) is 23.2 Å². The largest absolute Gasteiger partial charge is 0.326 e. The van der Waals surface area contributed by atoms with Crippen molar-refractivity contribution in [2.24, 2.45) is 0 Å². The second-order valence-electron chi connectivity index (χ2n) is 5.67. The Bertz CT molecular complexity index is 813. The third-order valence-corrected chi connectivity index (χ3v) is 3.81. The molecule has 0 bridgehead atoms. The molecular weight excluding hydrogens is 301 g/mol. The van der Waals surface area contributed by atoms with Crippen molar-refractivity contribution in [2.75, 3.05) is 5.32 Å². The highest BCUT2D eigenvalue weighted by atomic mass is 19.1. The monoisotopic (exact) mass is 319 g/mol. The number of hydrogen-bond donors (Lipinski definition) is 1. The van der Waals surface area contributed by atoms with Crippen molar-refractivity contribution in [3.8, 4) is 0 Å². The summed E-state index contributed by atoms with van der Waals surface area (Å²) in [7, 11) is 0. The molecule has 0 fully saturated rings. The maximum absolute atomic E-state index is 12.9. The van der Waals surface area contributed by atoms with Gasteiger partial charge in [0.25, 0.3) is 0 Å². The van der Waals surface area contributed by atoms with Crippen LogP contribution in [0.2, 0.25) is 0 Å². The van der Waals surface area contributed by atoms with Gasteiger partial charge < -0.3 is 5.32 Å². The molecule has 1 N–H and O–H groups in total. The van der Waals surface area contributed by atoms with Gasteiger partial charge in [0.15, 0.2) is 0 Å².